The van der Waals surface area contributed by atoms with Gasteiger partial charge in [0.05, 0.1) is 5.25 Å². The molecule has 21 heavy (non-hydrogen) atoms. The van der Waals surface area contributed by atoms with Crippen molar-refractivity contribution >= 4 is 9.84 Å². The lowest BCUT2D eigenvalue weighted by atomic mass is 9.75. The number of nitrogens with one attached hydrogen (secondary N) is 1. The van der Waals surface area contributed by atoms with Crippen molar-refractivity contribution in [2.75, 3.05) is 26.4 Å². The molecule has 0 aromatic heterocycles. The van der Waals surface area contributed by atoms with Crippen LogP contribution >= 0.6 is 0 Å². The minimum absolute atomic E-state index is 0.0301. The zero-order valence-electron chi connectivity index (χ0n) is 14.6. The van der Waals surface area contributed by atoms with E-state index in [0.29, 0.717) is 12.0 Å². The molecule has 1 aliphatic carbocycles. The molecule has 1 fully saturated rings. The van der Waals surface area contributed by atoms with Gasteiger partial charge in [0.2, 0.25) is 0 Å². The third kappa shape index (κ3) is 4.42. The predicted molar refractivity (Wildman–Crippen MR) is 90.4 cm³/mol. The van der Waals surface area contributed by atoms with Crippen LogP contribution in [0.15, 0.2) is 0 Å². The summed E-state index contributed by atoms with van der Waals surface area (Å²) in [4.78, 5) is 2.47. The van der Waals surface area contributed by atoms with E-state index in [1.807, 2.05) is 7.05 Å². The standard InChI is InChI=1S/C16H34N2O2S/c1-7-18(8-2)16(3,4)15(17-5)13-10-9-11-14(12-13)21(6,19)20/h13-15,17H,7-12H2,1-6H3. The molecule has 1 saturated carbocycles. The van der Waals surface area contributed by atoms with E-state index < -0.39 is 9.84 Å². The highest BCUT2D eigenvalue weighted by molar-refractivity contribution is 7.91. The molecule has 0 saturated heterocycles. The Labute approximate surface area is 131 Å². The molecule has 3 atom stereocenters. The molecule has 1 N–H and O–H groups in total. The van der Waals surface area contributed by atoms with E-state index >= 15 is 0 Å². The minimum Gasteiger partial charge on any atom is -0.315 e. The summed E-state index contributed by atoms with van der Waals surface area (Å²) in [6.45, 7) is 11.0. The summed E-state index contributed by atoms with van der Waals surface area (Å²) in [5.74, 6) is 0.430. The maximum atomic E-state index is 11.9. The zero-order valence-corrected chi connectivity index (χ0v) is 15.5. The molecule has 0 radical (unpaired) electrons. The van der Waals surface area contributed by atoms with Gasteiger partial charge in [-0.25, -0.2) is 8.42 Å². The van der Waals surface area contributed by atoms with E-state index in [1.165, 1.54) is 6.26 Å². The Kier molecular flexibility index (Phi) is 6.69. The van der Waals surface area contributed by atoms with Gasteiger partial charge in [-0.15, -0.1) is 0 Å². The first kappa shape index (κ1) is 18.9. The highest BCUT2D eigenvalue weighted by Gasteiger charge is 2.41. The van der Waals surface area contributed by atoms with Crippen molar-refractivity contribution in [2.45, 2.75) is 70.2 Å². The molecule has 0 bridgehead atoms. The van der Waals surface area contributed by atoms with Crippen molar-refractivity contribution in [2.24, 2.45) is 5.92 Å². The fourth-order valence-electron chi connectivity index (χ4n) is 4.27. The molecule has 126 valence electrons. The third-order valence-electron chi connectivity index (χ3n) is 5.39. The summed E-state index contributed by atoms with van der Waals surface area (Å²) in [6, 6.07) is 0.321. The largest absolute Gasteiger partial charge is 0.315 e. The average molecular weight is 319 g/mol. The van der Waals surface area contributed by atoms with Gasteiger partial charge < -0.3 is 5.32 Å². The van der Waals surface area contributed by atoms with E-state index in [1.54, 1.807) is 0 Å². The Morgan fingerprint density at radius 2 is 1.81 bits per heavy atom. The maximum Gasteiger partial charge on any atom is 0.150 e. The Hall–Kier alpha value is -0.130. The van der Waals surface area contributed by atoms with Crippen LogP contribution in [-0.2, 0) is 9.84 Å². The summed E-state index contributed by atoms with van der Waals surface area (Å²) < 4.78 is 23.8. The van der Waals surface area contributed by atoms with Crippen LogP contribution in [0.1, 0.15) is 53.4 Å². The Morgan fingerprint density at radius 1 is 1.24 bits per heavy atom. The molecule has 1 aliphatic rings. The van der Waals surface area contributed by atoms with Gasteiger partial charge in [0.25, 0.3) is 0 Å². The first-order chi connectivity index (χ1) is 9.68. The summed E-state index contributed by atoms with van der Waals surface area (Å²) in [5, 5.41) is 3.34. The monoisotopic (exact) mass is 318 g/mol. The van der Waals surface area contributed by atoms with Gasteiger partial charge in [0.1, 0.15) is 9.84 Å². The van der Waals surface area contributed by atoms with Crippen LogP contribution in [0, 0.1) is 5.92 Å². The average Bonchev–Trinajstić information content (AvgIpc) is 2.39. The minimum atomic E-state index is -2.92. The van der Waals surface area contributed by atoms with Crippen LogP contribution in [0.3, 0.4) is 0 Å². The zero-order chi connectivity index (χ0) is 16.3. The van der Waals surface area contributed by atoms with Crippen molar-refractivity contribution in [1.29, 1.82) is 0 Å². The summed E-state index contributed by atoms with van der Waals surface area (Å²) in [5.41, 5.74) is 0.0301. The molecule has 0 amide bonds. The van der Waals surface area contributed by atoms with Crippen LogP contribution in [0.5, 0.6) is 0 Å². The van der Waals surface area contributed by atoms with Gasteiger partial charge in [0, 0.05) is 17.8 Å². The van der Waals surface area contributed by atoms with Crippen LogP contribution in [0.2, 0.25) is 0 Å². The van der Waals surface area contributed by atoms with E-state index in [-0.39, 0.29) is 10.8 Å². The van der Waals surface area contributed by atoms with Crippen molar-refractivity contribution in [3.63, 3.8) is 0 Å². The highest BCUT2D eigenvalue weighted by atomic mass is 32.2. The normalized spacial score (nSPS) is 26.0. The van der Waals surface area contributed by atoms with Gasteiger partial charge in [-0.2, -0.15) is 0 Å². The number of hydrogen-bond donors (Lipinski definition) is 1. The maximum absolute atomic E-state index is 11.9. The molecule has 5 heteroatoms. The SMILES string of the molecule is CCN(CC)C(C)(C)C(NC)C1CCCC(S(C)(=O)=O)C1. The fourth-order valence-corrected chi connectivity index (χ4v) is 5.47. The van der Waals surface area contributed by atoms with Crippen molar-refractivity contribution in [3.8, 4) is 0 Å². The van der Waals surface area contributed by atoms with Crippen LogP contribution < -0.4 is 5.32 Å². The molecule has 4 nitrogen and oxygen atoms in total. The quantitative estimate of drug-likeness (QED) is 0.782. The lowest BCUT2D eigenvalue weighted by Crippen LogP contribution is -2.60. The second-order valence-electron chi connectivity index (χ2n) is 6.97. The highest BCUT2D eigenvalue weighted by Crippen LogP contribution is 2.35. The summed E-state index contributed by atoms with van der Waals surface area (Å²) in [7, 11) is -0.905. The Balaban J connectivity index is 2.93. The molecule has 0 heterocycles. The second-order valence-corrected chi connectivity index (χ2v) is 9.30. The molecular formula is C16H34N2O2S. The lowest BCUT2D eigenvalue weighted by molar-refractivity contribution is 0.0584. The van der Waals surface area contributed by atoms with Crippen LogP contribution in [0.4, 0.5) is 0 Å². The van der Waals surface area contributed by atoms with E-state index in [4.69, 9.17) is 0 Å². The molecular weight excluding hydrogens is 284 g/mol. The number of likely N-dealkylation sites (N-methyl/N-ethyl adjacent to an activating group) is 2. The first-order valence-corrected chi connectivity index (χ1v) is 10.2. The van der Waals surface area contributed by atoms with Gasteiger partial charge in [-0.3, -0.25) is 4.90 Å². The molecule has 0 aliphatic heterocycles. The molecule has 0 spiro atoms. The van der Waals surface area contributed by atoms with Crippen LogP contribution in [-0.4, -0.2) is 56.5 Å². The lowest BCUT2D eigenvalue weighted by Gasteiger charge is -2.48. The van der Waals surface area contributed by atoms with Gasteiger partial charge >= 0.3 is 0 Å². The van der Waals surface area contributed by atoms with E-state index in [2.05, 4.69) is 37.9 Å². The predicted octanol–water partition coefficient (Wildman–Crippen LogP) is 2.30. The van der Waals surface area contributed by atoms with E-state index in [0.717, 1.165) is 38.8 Å². The van der Waals surface area contributed by atoms with Crippen LogP contribution in [0.25, 0.3) is 0 Å². The topological polar surface area (TPSA) is 49.4 Å². The van der Waals surface area contributed by atoms with Gasteiger partial charge in [-0.05, 0) is 59.2 Å². The summed E-state index contributed by atoms with van der Waals surface area (Å²) >= 11 is 0. The second kappa shape index (κ2) is 7.42. The number of sulfone groups is 1. The summed E-state index contributed by atoms with van der Waals surface area (Å²) in [6.07, 6.45) is 5.17. The van der Waals surface area contributed by atoms with E-state index in [9.17, 15) is 8.42 Å². The van der Waals surface area contributed by atoms with Gasteiger partial charge in [0.15, 0.2) is 0 Å². The number of nitrogens with zero attached hydrogens (tertiary/aromatic N) is 1. The fraction of sp³-hybridized carbons (Fsp3) is 1.00. The van der Waals surface area contributed by atoms with Crippen molar-refractivity contribution in [1.82, 2.24) is 10.2 Å². The molecule has 0 aromatic rings. The molecule has 1 rings (SSSR count). The smallest absolute Gasteiger partial charge is 0.150 e. The van der Waals surface area contributed by atoms with Gasteiger partial charge in [-0.1, -0.05) is 20.3 Å². The molecule has 0 aromatic carbocycles. The third-order valence-corrected chi connectivity index (χ3v) is 7.03. The Morgan fingerprint density at radius 3 is 2.24 bits per heavy atom. The number of rotatable bonds is 7. The first-order valence-electron chi connectivity index (χ1n) is 8.29. The van der Waals surface area contributed by atoms with Crippen molar-refractivity contribution < 1.29 is 8.42 Å². The van der Waals surface area contributed by atoms with Crippen molar-refractivity contribution in [3.05, 3.63) is 0 Å². The number of hydrogen-bond acceptors (Lipinski definition) is 4. The molecule has 3 unspecified atom stereocenters. The Bertz CT molecular complexity index is 416.